The number of methoxy groups -OCH3 is 2. The number of amides is 1. The number of carboxylic acids is 1. The van der Waals surface area contributed by atoms with E-state index >= 15 is 4.39 Å². The van der Waals surface area contributed by atoms with Gasteiger partial charge in [0.05, 0.1) is 7.11 Å². The van der Waals surface area contributed by atoms with Crippen molar-refractivity contribution in [2.24, 2.45) is 0 Å². The van der Waals surface area contributed by atoms with Crippen LogP contribution in [0.1, 0.15) is 24.8 Å². The summed E-state index contributed by atoms with van der Waals surface area (Å²) in [6.45, 7) is 0. The van der Waals surface area contributed by atoms with Crippen LogP contribution in [0.5, 0.6) is 5.75 Å². The summed E-state index contributed by atoms with van der Waals surface area (Å²) in [7, 11) is 2.85. The average Bonchev–Trinajstić information content (AvgIpc) is 3.20. The van der Waals surface area contributed by atoms with Crippen molar-refractivity contribution in [2.45, 2.75) is 31.2 Å². The minimum Gasteiger partial charge on any atom is -0.497 e. The van der Waals surface area contributed by atoms with E-state index in [0.717, 1.165) is 5.56 Å². The molecule has 2 atom stereocenters. The summed E-state index contributed by atoms with van der Waals surface area (Å²) < 4.78 is 25.6. The third-order valence-corrected chi connectivity index (χ3v) is 5.05. The number of ether oxygens (including phenoxy) is 2. The number of alkyl halides is 1. The van der Waals surface area contributed by atoms with E-state index in [1.807, 2.05) is 6.07 Å². The molecule has 0 spiro atoms. The van der Waals surface area contributed by atoms with Gasteiger partial charge in [-0.3, -0.25) is 4.79 Å². The Kier molecular flexibility index (Phi) is 5.65. The highest BCUT2D eigenvalue weighted by Gasteiger charge is 2.41. The third kappa shape index (κ3) is 3.71. The molecule has 1 amide bonds. The van der Waals surface area contributed by atoms with Crippen LogP contribution in [0, 0.1) is 0 Å². The molecule has 6 nitrogen and oxygen atoms in total. The Hall–Kier alpha value is -2.93. The normalized spacial score (nSPS) is 24.1. The van der Waals surface area contributed by atoms with Crippen LogP contribution in [0.4, 0.5) is 4.39 Å². The summed E-state index contributed by atoms with van der Waals surface area (Å²) in [6, 6.07) is 7.20. The zero-order valence-corrected chi connectivity index (χ0v) is 15.7. The minimum atomic E-state index is -1.70. The standard InChI is InChI=1S/C21H22FNO5/c1-27-15-6-3-5-13(11-15)14-9-10-21(28-2,18(22)12-14)23-19(24)16-7-4-8-17(16)20(25)26/h3,5-6,9-12,18H,4,7-8H2,1-2H3,(H,23,24)(H,25,26). The van der Waals surface area contributed by atoms with Crippen LogP contribution in [0.3, 0.4) is 0 Å². The first-order chi connectivity index (χ1) is 13.4. The number of aliphatic carboxylic acids is 1. The lowest BCUT2D eigenvalue weighted by Gasteiger charge is -2.35. The zero-order valence-electron chi connectivity index (χ0n) is 15.7. The maximum absolute atomic E-state index is 15.1. The van der Waals surface area contributed by atoms with Crippen LogP contribution >= 0.6 is 0 Å². The highest BCUT2D eigenvalue weighted by molar-refractivity contribution is 6.03. The number of halogens is 1. The lowest BCUT2D eigenvalue weighted by atomic mass is 9.92. The molecular formula is C21H22FNO5. The van der Waals surface area contributed by atoms with Gasteiger partial charge >= 0.3 is 5.97 Å². The molecule has 0 bridgehead atoms. The second kappa shape index (κ2) is 7.98. The van der Waals surface area contributed by atoms with Crippen LogP contribution in [0.25, 0.3) is 5.57 Å². The highest BCUT2D eigenvalue weighted by atomic mass is 19.1. The molecule has 0 fully saturated rings. The van der Waals surface area contributed by atoms with Gasteiger partial charge in [0.25, 0.3) is 0 Å². The topological polar surface area (TPSA) is 84.9 Å². The number of carbonyl (C=O) groups is 2. The van der Waals surface area contributed by atoms with Gasteiger partial charge in [0.2, 0.25) is 5.91 Å². The number of nitrogens with one attached hydrogen (secondary N) is 1. The van der Waals surface area contributed by atoms with Crippen molar-refractivity contribution >= 4 is 17.4 Å². The molecule has 2 aliphatic carbocycles. The van der Waals surface area contributed by atoms with E-state index in [9.17, 15) is 14.7 Å². The number of rotatable bonds is 6. The lowest BCUT2D eigenvalue weighted by Crippen LogP contribution is -2.56. The van der Waals surface area contributed by atoms with Crippen LogP contribution in [-0.4, -0.2) is 43.1 Å². The van der Waals surface area contributed by atoms with Crippen molar-refractivity contribution in [1.29, 1.82) is 0 Å². The smallest absolute Gasteiger partial charge is 0.332 e. The Morgan fingerprint density at radius 1 is 1.25 bits per heavy atom. The van der Waals surface area contributed by atoms with Gasteiger partial charge in [0.15, 0.2) is 11.9 Å². The first-order valence-corrected chi connectivity index (χ1v) is 8.92. The number of allylic oxidation sites excluding steroid dienone is 2. The van der Waals surface area contributed by atoms with E-state index in [1.54, 1.807) is 31.4 Å². The maximum Gasteiger partial charge on any atom is 0.332 e. The summed E-state index contributed by atoms with van der Waals surface area (Å²) in [5.41, 5.74) is -0.0576. The summed E-state index contributed by atoms with van der Waals surface area (Å²) in [6.07, 6.45) is 4.06. The molecule has 0 heterocycles. The number of hydrogen-bond acceptors (Lipinski definition) is 4. The summed E-state index contributed by atoms with van der Waals surface area (Å²) in [5, 5.41) is 11.8. The van der Waals surface area contributed by atoms with E-state index < -0.39 is 23.8 Å². The third-order valence-electron chi connectivity index (χ3n) is 5.05. The van der Waals surface area contributed by atoms with Crippen molar-refractivity contribution in [3.8, 4) is 5.75 Å². The molecule has 2 N–H and O–H groups in total. The molecule has 1 aromatic rings. The molecular weight excluding hydrogens is 365 g/mol. The van der Waals surface area contributed by atoms with Gasteiger partial charge in [-0.1, -0.05) is 18.2 Å². The fourth-order valence-electron chi connectivity index (χ4n) is 3.46. The molecule has 0 aromatic heterocycles. The molecule has 0 saturated heterocycles. The Bertz CT molecular complexity index is 889. The number of carbonyl (C=O) groups excluding carboxylic acids is 1. The molecule has 0 saturated carbocycles. The summed E-state index contributed by atoms with van der Waals surface area (Å²) in [4.78, 5) is 23.9. The van der Waals surface area contributed by atoms with Crippen LogP contribution in [0.15, 0.2) is 53.6 Å². The second-order valence-corrected chi connectivity index (χ2v) is 6.66. The SMILES string of the molecule is COc1cccc(C2=CC(F)C(NC(=O)C3=C(C(=O)O)CCC3)(OC)C=C2)c1. The Labute approximate surface area is 162 Å². The van der Waals surface area contributed by atoms with Crippen molar-refractivity contribution in [2.75, 3.05) is 14.2 Å². The predicted molar refractivity (Wildman–Crippen MR) is 101 cm³/mol. The lowest BCUT2D eigenvalue weighted by molar-refractivity contribution is -0.134. The number of hydrogen-bond donors (Lipinski definition) is 2. The highest BCUT2D eigenvalue weighted by Crippen LogP contribution is 2.33. The van der Waals surface area contributed by atoms with E-state index in [4.69, 9.17) is 9.47 Å². The largest absolute Gasteiger partial charge is 0.497 e. The van der Waals surface area contributed by atoms with E-state index in [1.165, 1.54) is 19.3 Å². The first-order valence-electron chi connectivity index (χ1n) is 8.92. The molecule has 3 rings (SSSR count). The Morgan fingerprint density at radius 2 is 2.00 bits per heavy atom. The fourth-order valence-corrected chi connectivity index (χ4v) is 3.46. The number of carboxylic acid groups (broad SMARTS) is 1. The van der Waals surface area contributed by atoms with Gasteiger partial charge in [-0.05, 0) is 54.7 Å². The van der Waals surface area contributed by atoms with Crippen molar-refractivity contribution in [1.82, 2.24) is 5.32 Å². The Balaban J connectivity index is 1.84. The Morgan fingerprint density at radius 3 is 2.64 bits per heavy atom. The monoisotopic (exact) mass is 387 g/mol. The molecule has 2 unspecified atom stereocenters. The first kappa shape index (κ1) is 19.8. The molecule has 28 heavy (non-hydrogen) atoms. The van der Waals surface area contributed by atoms with Crippen molar-refractivity contribution < 1.29 is 28.6 Å². The minimum absolute atomic E-state index is 0.0755. The molecule has 148 valence electrons. The van der Waals surface area contributed by atoms with Gasteiger partial charge in [-0.25, -0.2) is 9.18 Å². The van der Waals surface area contributed by atoms with Gasteiger partial charge in [-0.2, -0.15) is 0 Å². The second-order valence-electron chi connectivity index (χ2n) is 6.66. The predicted octanol–water partition coefficient (Wildman–Crippen LogP) is 3.01. The van der Waals surface area contributed by atoms with Gasteiger partial charge in [-0.15, -0.1) is 0 Å². The van der Waals surface area contributed by atoms with Crippen LogP contribution in [-0.2, 0) is 14.3 Å². The molecule has 7 heteroatoms. The fraction of sp³-hybridized carbons (Fsp3) is 0.333. The molecule has 0 aliphatic heterocycles. The molecule has 0 radical (unpaired) electrons. The van der Waals surface area contributed by atoms with Crippen molar-refractivity contribution in [3.05, 3.63) is 59.2 Å². The summed E-state index contributed by atoms with van der Waals surface area (Å²) in [5.74, 6) is -1.10. The summed E-state index contributed by atoms with van der Waals surface area (Å²) >= 11 is 0. The van der Waals surface area contributed by atoms with E-state index in [-0.39, 0.29) is 11.1 Å². The van der Waals surface area contributed by atoms with E-state index in [0.29, 0.717) is 30.6 Å². The van der Waals surface area contributed by atoms with Crippen LogP contribution in [0.2, 0.25) is 0 Å². The zero-order chi connectivity index (χ0) is 20.3. The molecule has 1 aromatic carbocycles. The van der Waals surface area contributed by atoms with Crippen LogP contribution < -0.4 is 10.1 Å². The average molecular weight is 387 g/mol. The molecule has 2 aliphatic rings. The van der Waals surface area contributed by atoms with Gasteiger partial charge < -0.3 is 19.9 Å². The quantitative estimate of drug-likeness (QED) is 0.733. The van der Waals surface area contributed by atoms with Gasteiger partial charge in [0, 0.05) is 18.3 Å². The van der Waals surface area contributed by atoms with E-state index in [2.05, 4.69) is 5.32 Å². The maximum atomic E-state index is 15.1. The van der Waals surface area contributed by atoms with Gasteiger partial charge in [0.1, 0.15) is 5.75 Å². The number of benzene rings is 1. The van der Waals surface area contributed by atoms with Crippen molar-refractivity contribution in [3.63, 3.8) is 0 Å².